The zero-order chi connectivity index (χ0) is 26.9. The van der Waals surface area contributed by atoms with Gasteiger partial charge in [0.05, 0.1) is 30.5 Å². The number of aryl methyl sites for hydroxylation is 1. The van der Waals surface area contributed by atoms with E-state index >= 15 is 0 Å². The zero-order valence-electron chi connectivity index (χ0n) is 20.8. The van der Waals surface area contributed by atoms with E-state index in [-0.39, 0.29) is 0 Å². The third-order valence-corrected chi connectivity index (χ3v) is 6.40. The van der Waals surface area contributed by atoms with Gasteiger partial charge in [-0.2, -0.15) is 13.2 Å². The number of likely N-dealkylation sites (N-methyl/N-ethyl adjacent to an activating group) is 1. The molecule has 1 aliphatic heterocycles. The molecule has 11 nitrogen and oxygen atoms in total. The van der Waals surface area contributed by atoms with Gasteiger partial charge in [0, 0.05) is 53.3 Å². The van der Waals surface area contributed by atoms with Crippen LogP contribution in [0.3, 0.4) is 0 Å². The summed E-state index contributed by atoms with van der Waals surface area (Å²) in [6, 6.07) is 1.40. The highest BCUT2D eigenvalue weighted by Gasteiger charge is 2.36. The number of anilines is 2. The molecule has 1 saturated heterocycles. The van der Waals surface area contributed by atoms with Crippen molar-refractivity contribution in [3.05, 3.63) is 46.1 Å². The van der Waals surface area contributed by atoms with Gasteiger partial charge >= 0.3 is 12.2 Å². The summed E-state index contributed by atoms with van der Waals surface area (Å²) in [6.07, 6.45) is -2.26. The molecule has 0 unspecified atom stereocenters. The van der Waals surface area contributed by atoms with Crippen LogP contribution in [-0.4, -0.2) is 77.0 Å². The molecule has 4 rings (SSSR count). The first-order valence-corrected chi connectivity index (χ1v) is 11.4. The maximum Gasteiger partial charge on any atom is 0.417 e. The van der Waals surface area contributed by atoms with Crippen LogP contribution in [0.1, 0.15) is 17.7 Å². The number of hydrogen-bond acceptors (Lipinski definition) is 7. The predicted octanol–water partition coefficient (Wildman–Crippen LogP) is 2.58. The number of pyridine rings is 1. The minimum absolute atomic E-state index is 0.395. The van der Waals surface area contributed by atoms with Gasteiger partial charge in [-0.15, -0.1) is 0 Å². The fourth-order valence-electron chi connectivity index (χ4n) is 4.43. The van der Waals surface area contributed by atoms with E-state index in [1.54, 1.807) is 13.3 Å². The second kappa shape index (κ2) is 10.4. The molecule has 4 heterocycles. The number of aromatic amines is 1. The molecular weight excluding hydrogens is 495 g/mol. The Kier molecular flexibility index (Phi) is 7.41. The molecule has 0 aromatic carbocycles. The highest BCUT2D eigenvalue weighted by Crippen LogP contribution is 2.30. The third-order valence-electron chi connectivity index (χ3n) is 6.40. The number of amides is 2. The van der Waals surface area contributed by atoms with Crippen molar-refractivity contribution >= 4 is 28.7 Å². The molecule has 0 bridgehead atoms. The van der Waals surface area contributed by atoms with Crippen LogP contribution in [0.15, 0.2) is 29.3 Å². The van der Waals surface area contributed by atoms with Crippen molar-refractivity contribution in [3.63, 3.8) is 0 Å². The van der Waals surface area contributed by atoms with Crippen molar-refractivity contribution in [2.24, 2.45) is 7.05 Å². The first kappa shape index (κ1) is 26.4. The number of nitrogens with zero attached hydrogens (tertiary/aromatic N) is 5. The summed E-state index contributed by atoms with van der Waals surface area (Å²) in [5.41, 5.74) is -0.0495. The maximum absolute atomic E-state index is 13.2. The Bertz CT molecular complexity index is 1340. The van der Waals surface area contributed by atoms with Crippen molar-refractivity contribution in [2.45, 2.75) is 31.3 Å². The molecule has 200 valence electrons. The lowest BCUT2D eigenvalue weighted by atomic mass is 10.0. The van der Waals surface area contributed by atoms with Crippen molar-refractivity contribution in [1.29, 1.82) is 0 Å². The summed E-state index contributed by atoms with van der Waals surface area (Å²) in [4.78, 5) is 40.9. The lowest BCUT2D eigenvalue weighted by molar-refractivity contribution is -0.138. The van der Waals surface area contributed by atoms with Crippen LogP contribution in [-0.2, 0) is 29.3 Å². The van der Waals surface area contributed by atoms with Gasteiger partial charge in [0.15, 0.2) is 5.65 Å². The van der Waals surface area contributed by atoms with E-state index < -0.39 is 41.2 Å². The number of carbonyl (C=O) groups excluding carboxylic acids is 1. The van der Waals surface area contributed by atoms with E-state index in [1.807, 2.05) is 11.0 Å². The molecule has 2 atom stereocenters. The summed E-state index contributed by atoms with van der Waals surface area (Å²) in [5.74, 6) is 0.649. The molecule has 3 aromatic rings. The highest BCUT2D eigenvalue weighted by molar-refractivity contribution is 5.89. The molecule has 3 aromatic heterocycles. The first-order valence-electron chi connectivity index (χ1n) is 11.4. The number of urea groups is 1. The summed E-state index contributed by atoms with van der Waals surface area (Å²) in [5, 5.41) is 2.33. The van der Waals surface area contributed by atoms with Gasteiger partial charge in [0.25, 0.3) is 5.56 Å². The number of ether oxygens (including phenoxy) is 2. The van der Waals surface area contributed by atoms with E-state index in [2.05, 4.69) is 20.3 Å². The fourth-order valence-corrected chi connectivity index (χ4v) is 4.43. The second-order valence-corrected chi connectivity index (χ2v) is 8.86. The Balaban J connectivity index is 1.47. The Morgan fingerprint density at radius 2 is 2.08 bits per heavy atom. The number of fused-ring (bicyclic) bond motifs is 1. The summed E-state index contributed by atoms with van der Waals surface area (Å²) in [6.45, 7) is 1.34. The average molecular weight is 524 g/mol. The van der Waals surface area contributed by atoms with E-state index in [0.29, 0.717) is 55.4 Å². The number of halogens is 3. The Morgan fingerprint density at radius 3 is 2.76 bits per heavy atom. The van der Waals surface area contributed by atoms with Crippen LogP contribution in [0.2, 0.25) is 0 Å². The normalized spacial score (nSPS) is 18.3. The largest absolute Gasteiger partial charge is 0.417 e. The van der Waals surface area contributed by atoms with E-state index in [9.17, 15) is 22.8 Å². The predicted molar refractivity (Wildman–Crippen MR) is 129 cm³/mol. The number of alkyl halides is 3. The van der Waals surface area contributed by atoms with Gasteiger partial charge in [0.2, 0.25) is 0 Å². The van der Waals surface area contributed by atoms with Crippen LogP contribution in [0, 0.1) is 0 Å². The number of carbonyl (C=O) groups is 1. The number of H-pyrrole nitrogens is 1. The van der Waals surface area contributed by atoms with Gasteiger partial charge in [-0.05, 0) is 18.6 Å². The van der Waals surface area contributed by atoms with Crippen LogP contribution in [0.4, 0.5) is 29.5 Å². The van der Waals surface area contributed by atoms with Crippen LogP contribution < -0.4 is 15.8 Å². The molecule has 0 saturated carbocycles. The maximum atomic E-state index is 13.2. The SMILES string of the molecule is COCc1cc2nc(N3CC[C@@H](N(C)C(=O)Nc4cc(C(F)(F)F)cn(C)c4=O)[C@@H](OC)C3)cnc2[nH]1. The van der Waals surface area contributed by atoms with Crippen LogP contribution in [0.5, 0.6) is 0 Å². The Morgan fingerprint density at radius 1 is 1.32 bits per heavy atom. The first-order chi connectivity index (χ1) is 17.5. The van der Waals surface area contributed by atoms with Crippen LogP contribution in [0.25, 0.3) is 11.2 Å². The highest BCUT2D eigenvalue weighted by atomic mass is 19.4. The molecule has 0 spiro atoms. The smallest absolute Gasteiger partial charge is 0.378 e. The Hall–Kier alpha value is -3.65. The number of aromatic nitrogens is 4. The van der Waals surface area contributed by atoms with Crippen molar-refractivity contribution in [1.82, 2.24) is 24.4 Å². The molecule has 2 N–H and O–H groups in total. The van der Waals surface area contributed by atoms with Crippen molar-refractivity contribution in [3.8, 4) is 0 Å². The molecule has 1 aliphatic rings. The van der Waals surface area contributed by atoms with Crippen LogP contribution >= 0.6 is 0 Å². The molecule has 0 aliphatic carbocycles. The standard InChI is InChI=1S/C23H28F3N7O4/c1-31-10-13(23(24,25)26)7-16(21(31)34)30-22(35)32(2)17-5-6-33(11-18(17)37-4)19-9-27-20-15(29-19)8-14(28-20)12-36-3/h7-10,17-18H,5-6,11-12H2,1-4H3,(H,27,28)(H,30,35)/t17-,18+/m1/s1. The number of rotatable bonds is 6. The molecular formula is C23H28F3N7O4. The fraction of sp³-hybridized carbons (Fsp3) is 0.478. The molecule has 2 amide bonds. The van der Waals surface area contributed by atoms with Gasteiger partial charge in [0.1, 0.15) is 17.0 Å². The van der Waals surface area contributed by atoms with Crippen molar-refractivity contribution in [2.75, 3.05) is 44.6 Å². The number of methoxy groups -OCH3 is 2. The monoisotopic (exact) mass is 523 g/mol. The second-order valence-electron chi connectivity index (χ2n) is 8.86. The van der Waals surface area contributed by atoms with E-state index in [4.69, 9.17) is 9.47 Å². The topological polar surface area (TPSA) is 118 Å². The van der Waals surface area contributed by atoms with E-state index in [0.717, 1.165) is 10.3 Å². The minimum Gasteiger partial charge on any atom is -0.378 e. The summed E-state index contributed by atoms with van der Waals surface area (Å²) >= 11 is 0. The lowest BCUT2D eigenvalue weighted by Crippen LogP contribution is -2.56. The van der Waals surface area contributed by atoms with Gasteiger partial charge in [-0.3, -0.25) is 4.79 Å². The number of nitrogens with one attached hydrogen (secondary N) is 2. The van der Waals surface area contributed by atoms with Gasteiger partial charge in [-0.25, -0.2) is 14.8 Å². The quantitative estimate of drug-likeness (QED) is 0.510. The average Bonchev–Trinajstić information content (AvgIpc) is 3.27. The number of piperidine rings is 1. The van der Waals surface area contributed by atoms with Crippen molar-refractivity contribution < 1.29 is 27.4 Å². The zero-order valence-corrected chi connectivity index (χ0v) is 20.8. The molecule has 14 heteroatoms. The number of hydrogen-bond donors (Lipinski definition) is 2. The van der Waals surface area contributed by atoms with Gasteiger partial charge < -0.3 is 34.1 Å². The summed E-state index contributed by atoms with van der Waals surface area (Å²) in [7, 11) is 5.83. The van der Waals surface area contributed by atoms with E-state index in [1.165, 1.54) is 26.1 Å². The Labute approximate surface area is 210 Å². The third kappa shape index (κ3) is 5.54. The molecule has 0 radical (unpaired) electrons. The molecule has 1 fully saturated rings. The summed E-state index contributed by atoms with van der Waals surface area (Å²) < 4.78 is 51.1. The van der Waals surface area contributed by atoms with Gasteiger partial charge in [-0.1, -0.05) is 0 Å². The molecule has 37 heavy (non-hydrogen) atoms. The lowest BCUT2D eigenvalue weighted by Gasteiger charge is -2.42. The minimum atomic E-state index is -4.66.